The molecular weight excluding hydrogens is 260 g/mol. The Morgan fingerprint density at radius 3 is 2.67 bits per heavy atom. The summed E-state index contributed by atoms with van der Waals surface area (Å²) < 4.78 is 0. The van der Waals surface area contributed by atoms with Crippen LogP contribution in [0.5, 0.6) is 0 Å². The molecule has 0 aromatic heterocycles. The van der Waals surface area contributed by atoms with Crippen molar-refractivity contribution in [3.05, 3.63) is 35.4 Å². The molecule has 1 aliphatic heterocycles. The number of likely N-dealkylation sites (N-methyl/N-ethyl adjacent to an activating group) is 1. The van der Waals surface area contributed by atoms with Gasteiger partial charge in [-0.3, -0.25) is 4.79 Å². The van der Waals surface area contributed by atoms with E-state index in [-0.39, 0.29) is 11.9 Å². The van der Waals surface area contributed by atoms with Gasteiger partial charge in [0.05, 0.1) is 6.04 Å². The number of nitrogens with one attached hydrogen (secondary N) is 1. The first-order valence-electron chi connectivity index (χ1n) is 8.23. The van der Waals surface area contributed by atoms with Crippen LogP contribution >= 0.6 is 0 Å². The lowest BCUT2D eigenvalue weighted by Crippen LogP contribution is -2.52. The summed E-state index contributed by atoms with van der Waals surface area (Å²) in [6.07, 6.45) is 5.80. The van der Waals surface area contributed by atoms with Crippen LogP contribution in [0.2, 0.25) is 0 Å². The molecule has 3 heteroatoms. The van der Waals surface area contributed by atoms with Crippen LogP contribution < -0.4 is 5.32 Å². The molecule has 0 bridgehead atoms. The Hall–Kier alpha value is -1.35. The Morgan fingerprint density at radius 2 is 1.90 bits per heavy atom. The molecule has 2 unspecified atom stereocenters. The molecule has 1 N–H and O–H groups in total. The van der Waals surface area contributed by atoms with Crippen LogP contribution in [0, 0.1) is 5.92 Å². The first-order chi connectivity index (χ1) is 10.2. The monoisotopic (exact) mass is 286 g/mol. The fourth-order valence-electron chi connectivity index (χ4n) is 3.91. The van der Waals surface area contributed by atoms with Crippen molar-refractivity contribution < 1.29 is 4.79 Å². The quantitative estimate of drug-likeness (QED) is 0.906. The number of carbonyl (C=O) groups excluding carboxylic acids is 1. The molecule has 1 saturated carbocycles. The molecule has 21 heavy (non-hydrogen) atoms. The van der Waals surface area contributed by atoms with Gasteiger partial charge in [0.2, 0.25) is 5.91 Å². The summed E-state index contributed by atoms with van der Waals surface area (Å²) in [5.41, 5.74) is 2.65. The number of amides is 1. The van der Waals surface area contributed by atoms with Gasteiger partial charge in [-0.05, 0) is 36.3 Å². The van der Waals surface area contributed by atoms with Gasteiger partial charge in [0, 0.05) is 19.6 Å². The second-order valence-corrected chi connectivity index (χ2v) is 6.68. The Bertz CT molecular complexity index is 514. The minimum absolute atomic E-state index is 0.0565. The second kappa shape index (κ2) is 6.18. The number of hydrogen-bond acceptors (Lipinski definition) is 2. The number of benzene rings is 1. The second-order valence-electron chi connectivity index (χ2n) is 6.68. The van der Waals surface area contributed by atoms with E-state index < -0.39 is 0 Å². The van der Waals surface area contributed by atoms with Crippen LogP contribution in [0.3, 0.4) is 0 Å². The predicted octanol–water partition coefficient (Wildman–Crippen LogP) is 2.74. The van der Waals surface area contributed by atoms with Gasteiger partial charge in [-0.15, -0.1) is 0 Å². The van der Waals surface area contributed by atoms with Crippen molar-refractivity contribution >= 4 is 5.91 Å². The first-order valence-corrected chi connectivity index (χ1v) is 8.23. The standard InChI is InChI=1S/C18H26N2O/c1-13-7-3-6-10-17(13)20(2)18(21)16-11-14-8-4-5-9-15(14)12-19-16/h4-5,8-9,13,16-17,19H,3,6-7,10-12H2,1-2H3/t13?,16-,17?/m0/s1. The van der Waals surface area contributed by atoms with Crippen LogP contribution in [0.4, 0.5) is 0 Å². The lowest BCUT2D eigenvalue weighted by atomic mass is 9.84. The molecule has 1 aromatic rings. The lowest BCUT2D eigenvalue weighted by Gasteiger charge is -2.39. The van der Waals surface area contributed by atoms with Gasteiger partial charge in [0.25, 0.3) is 0 Å². The van der Waals surface area contributed by atoms with Crippen molar-refractivity contribution in [3.8, 4) is 0 Å². The van der Waals surface area contributed by atoms with Crippen LogP contribution in [0.15, 0.2) is 24.3 Å². The fraction of sp³-hybridized carbons (Fsp3) is 0.611. The summed E-state index contributed by atoms with van der Waals surface area (Å²) in [6.45, 7) is 3.10. The van der Waals surface area contributed by atoms with E-state index in [9.17, 15) is 4.79 Å². The molecule has 1 fully saturated rings. The minimum Gasteiger partial charge on any atom is -0.341 e. The van der Waals surface area contributed by atoms with Gasteiger partial charge in [0.1, 0.15) is 0 Å². The van der Waals surface area contributed by atoms with E-state index in [0.717, 1.165) is 19.4 Å². The number of nitrogens with zero attached hydrogens (tertiary/aromatic N) is 1. The SMILES string of the molecule is CC1CCCCC1N(C)C(=O)[C@@H]1Cc2ccccc2CN1. The zero-order chi connectivity index (χ0) is 14.8. The van der Waals surface area contributed by atoms with Crippen molar-refractivity contribution in [2.75, 3.05) is 7.05 Å². The molecule has 3 atom stereocenters. The van der Waals surface area contributed by atoms with Gasteiger partial charge in [-0.1, -0.05) is 44.0 Å². The van der Waals surface area contributed by atoms with Gasteiger partial charge in [-0.25, -0.2) is 0 Å². The Balaban J connectivity index is 1.68. The Labute approximate surface area is 127 Å². The van der Waals surface area contributed by atoms with Crippen LogP contribution in [-0.4, -0.2) is 29.9 Å². The van der Waals surface area contributed by atoms with Gasteiger partial charge >= 0.3 is 0 Å². The summed E-state index contributed by atoms with van der Waals surface area (Å²) in [5.74, 6) is 0.895. The first kappa shape index (κ1) is 14.6. The molecule has 114 valence electrons. The molecule has 1 amide bonds. The van der Waals surface area contributed by atoms with Crippen LogP contribution in [0.1, 0.15) is 43.7 Å². The highest BCUT2D eigenvalue weighted by atomic mass is 16.2. The molecule has 0 radical (unpaired) electrons. The molecule has 0 spiro atoms. The van der Waals surface area contributed by atoms with E-state index in [4.69, 9.17) is 0 Å². The van der Waals surface area contributed by atoms with Gasteiger partial charge < -0.3 is 10.2 Å². The third kappa shape index (κ3) is 2.98. The van der Waals surface area contributed by atoms with E-state index >= 15 is 0 Å². The topological polar surface area (TPSA) is 32.3 Å². The normalized spacial score (nSPS) is 28.8. The zero-order valence-electron chi connectivity index (χ0n) is 13.1. The summed E-state index contributed by atoms with van der Waals surface area (Å²) in [5, 5.41) is 3.42. The molecule has 0 saturated heterocycles. The van der Waals surface area contributed by atoms with Crippen LogP contribution in [0.25, 0.3) is 0 Å². The number of hydrogen-bond donors (Lipinski definition) is 1. The Kier molecular flexibility index (Phi) is 4.29. The summed E-state index contributed by atoms with van der Waals surface area (Å²) >= 11 is 0. The number of rotatable bonds is 2. The highest BCUT2D eigenvalue weighted by Gasteiger charge is 2.32. The number of carbonyl (C=O) groups is 1. The van der Waals surface area contributed by atoms with Crippen LogP contribution in [-0.2, 0) is 17.8 Å². The lowest BCUT2D eigenvalue weighted by molar-refractivity contribution is -0.136. The zero-order valence-corrected chi connectivity index (χ0v) is 13.1. The summed E-state index contributed by atoms with van der Waals surface area (Å²) in [6, 6.07) is 8.80. The molecule has 3 rings (SSSR count). The van der Waals surface area contributed by atoms with E-state index in [1.807, 2.05) is 11.9 Å². The summed E-state index contributed by atoms with van der Waals surface area (Å²) in [4.78, 5) is 14.8. The highest BCUT2D eigenvalue weighted by molar-refractivity contribution is 5.82. The third-order valence-corrected chi connectivity index (χ3v) is 5.29. The van der Waals surface area contributed by atoms with E-state index in [0.29, 0.717) is 12.0 Å². The highest BCUT2D eigenvalue weighted by Crippen LogP contribution is 2.28. The molecule has 1 aromatic carbocycles. The fourth-order valence-corrected chi connectivity index (χ4v) is 3.91. The predicted molar refractivity (Wildman–Crippen MR) is 85.0 cm³/mol. The van der Waals surface area contributed by atoms with Crippen molar-refractivity contribution in [1.82, 2.24) is 10.2 Å². The molecule has 1 aliphatic carbocycles. The van der Waals surface area contributed by atoms with E-state index in [1.165, 1.54) is 30.4 Å². The van der Waals surface area contributed by atoms with Crippen molar-refractivity contribution in [1.29, 1.82) is 0 Å². The molecule has 1 heterocycles. The van der Waals surface area contributed by atoms with E-state index in [1.54, 1.807) is 0 Å². The average Bonchev–Trinajstić information content (AvgIpc) is 2.53. The van der Waals surface area contributed by atoms with Crippen molar-refractivity contribution in [2.45, 2.75) is 57.7 Å². The maximum Gasteiger partial charge on any atom is 0.240 e. The van der Waals surface area contributed by atoms with Gasteiger partial charge in [-0.2, -0.15) is 0 Å². The molecule has 2 aliphatic rings. The largest absolute Gasteiger partial charge is 0.341 e. The smallest absolute Gasteiger partial charge is 0.240 e. The third-order valence-electron chi connectivity index (χ3n) is 5.29. The minimum atomic E-state index is -0.0565. The van der Waals surface area contributed by atoms with Crippen molar-refractivity contribution in [2.24, 2.45) is 5.92 Å². The molecular formula is C18H26N2O. The molecule has 3 nitrogen and oxygen atoms in total. The average molecular weight is 286 g/mol. The van der Waals surface area contributed by atoms with Gasteiger partial charge in [0.15, 0.2) is 0 Å². The maximum absolute atomic E-state index is 12.8. The van der Waals surface area contributed by atoms with Crippen molar-refractivity contribution in [3.63, 3.8) is 0 Å². The Morgan fingerprint density at radius 1 is 1.19 bits per heavy atom. The number of fused-ring (bicyclic) bond motifs is 1. The summed E-state index contributed by atoms with van der Waals surface area (Å²) in [7, 11) is 2.00. The maximum atomic E-state index is 12.8. The van der Waals surface area contributed by atoms with E-state index in [2.05, 4.69) is 36.5 Å².